The van der Waals surface area contributed by atoms with Gasteiger partial charge in [-0.3, -0.25) is 10.2 Å². The van der Waals surface area contributed by atoms with E-state index in [9.17, 15) is 0 Å². The molecule has 0 aromatic carbocycles. The highest BCUT2D eigenvalue weighted by atomic mass is 16.5. The minimum absolute atomic E-state index is 0.232. The topological polar surface area (TPSA) is 65.9 Å². The summed E-state index contributed by atoms with van der Waals surface area (Å²) in [6, 6.07) is 0.539. The van der Waals surface area contributed by atoms with E-state index in [1.54, 1.807) is 13.2 Å². The zero-order valence-electron chi connectivity index (χ0n) is 14.3. The molecule has 0 amide bonds. The van der Waals surface area contributed by atoms with Crippen molar-refractivity contribution in [2.45, 2.75) is 31.8 Å². The molecule has 0 unspecified atom stereocenters. The van der Waals surface area contributed by atoms with Gasteiger partial charge in [-0.2, -0.15) is 0 Å². The lowest BCUT2D eigenvalue weighted by atomic mass is 9.86. The van der Waals surface area contributed by atoms with E-state index in [4.69, 9.17) is 4.74 Å². The molecule has 1 atom stereocenters. The predicted octanol–water partition coefficient (Wildman–Crippen LogP) is 1.59. The van der Waals surface area contributed by atoms with Crippen LogP contribution in [0.1, 0.15) is 25.7 Å². The van der Waals surface area contributed by atoms with Gasteiger partial charge in [-0.1, -0.05) is 0 Å². The zero-order chi connectivity index (χ0) is 16.4. The van der Waals surface area contributed by atoms with Gasteiger partial charge in [0.05, 0.1) is 12.4 Å². The lowest BCUT2D eigenvalue weighted by Crippen LogP contribution is -2.52. The average Bonchev–Trinajstić information content (AvgIpc) is 3.17. The molecular weight excluding hydrogens is 304 g/mol. The largest absolute Gasteiger partial charge is 0.460 e. The number of nitrogens with one attached hydrogen (secondary N) is 1. The summed E-state index contributed by atoms with van der Waals surface area (Å²) >= 11 is 0. The van der Waals surface area contributed by atoms with Crippen molar-refractivity contribution in [2.24, 2.45) is 10.9 Å². The molecule has 7 heteroatoms. The fourth-order valence-electron chi connectivity index (χ4n) is 3.93. The molecule has 1 N–H and O–H groups in total. The van der Waals surface area contributed by atoms with Crippen LogP contribution in [0.25, 0.3) is 0 Å². The van der Waals surface area contributed by atoms with Gasteiger partial charge in [0.2, 0.25) is 0 Å². The average molecular weight is 330 g/mol. The number of nitrogens with zero attached hydrogens (tertiary/aromatic N) is 5. The Labute approximate surface area is 143 Å². The molecular formula is C17H26N6O. The van der Waals surface area contributed by atoms with Crippen molar-refractivity contribution in [3.05, 3.63) is 12.4 Å². The number of aliphatic imine (C=N–C) groups is 1. The van der Waals surface area contributed by atoms with Gasteiger partial charge >= 0.3 is 0 Å². The SMILES string of the molecule is CN=C(Nc1cnc(N2CCCC2)cn1)O[C@H]1CN2CCC1CC2. The van der Waals surface area contributed by atoms with Gasteiger partial charge < -0.3 is 9.64 Å². The predicted molar refractivity (Wildman–Crippen MR) is 94.5 cm³/mol. The van der Waals surface area contributed by atoms with E-state index in [2.05, 4.69) is 30.1 Å². The second-order valence-electron chi connectivity index (χ2n) is 6.90. The lowest BCUT2D eigenvalue weighted by Gasteiger charge is -2.44. The number of aromatic nitrogens is 2. The van der Waals surface area contributed by atoms with Crippen LogP contribution in [-0.2, 0) is 4.74 Å². The molecule has 4 aliphatic rings. The Hall–Kier alpha value is -1.89. The van der Waals surface area contributed by atoms with Crippen molar-refractivity contribution < 1.29 is 4.74 Å². The van der Waals surface area contributed by atoms with Crippen molar-refractivity contribution in [3.8, 4) is 0 Å². The quantitative estimate of drug-likeness (QED) is 0.671. The first-order valence-corrected chi connectivity index (χ1v) is 9.01. The van der Waals surface area contributed by atoms with Crippen LogP contribution in [0, 0.1) is 5.92 Å². The summed E-state index contributed by atoms with van der Waals surface area (Å²) in [6.45, 7) is 5.57. The highest BCUT2D eigenvalue weighted by molar-refractivity contribution is 5.87. The number of anilines is 2. The van der Waals surface area contributed by atoms with E-state index in [0.29, 0.717) is 17.8 Å². The van der Waals surface area contributed by atoms with Gasteiger partial charge in [0, 0.05) is 26.7 Å². The minimum atomic E-state index is 0.232. The second kappa shape index (κ2) is 6.93. The summed E-state index contributed by atoms with van der Waals surface area (Å²) in [5.74, 6) is 2.28. The summed E-state index contributed by atoms with van der Waals surface area (Å²) in [6.07, 6.45) is 8.76. The molecule has 7 nitrogen and oxygen atoms in total. The third-order valence-corrected chi connectivity index (χ3v) is 5.37. The molecule has 0 aliphatic carbocycles. The van der Waals surface area contributed by atoms with E-state index in [0.717, 1.165) is 25.5 Å². The molecule has 130 valence electrons. The zero-order valence-corrected chi connectivity index (χ0v) is 14.3. The monoisotopic (exact) mass is 330 g/mol. The summed E-state index contributed by atoms with van der Waals surface area (Å²) < 4.78 is 6.13. The molecule has 5 heterocycles. The number of piperidine rings is 3. The lowest BCUT2D eigenvalue weighted by molar-refractivity contribution is -0.0146. The maximum absolute atomic E-state index is 6.13. The summed E-state index contributed by atoms with van der Waals surface area (Å²) in [5, 5.41) is 3.17. The Morgan fingerprint density at radius 3 is 2.54 bits per heavy atom. The van der Waals surface area contributed by atoms with Crippen molar-refractivity contribution in [1.29, 1.82) is 0 Å². The van der Waals surface area contributed by atoms with Crippen LogP contribution in [0.3, 0.4) is 0 Å². The Balaban J connectivity index is 1.36. The first kappa shape index (κ1) is 15.6. The number of hydrogen-bond donors (Lipinski definition) is 1. The van der Waals surface area contributed by atoms with Crippen molar-refractivity contribution >= 4 is 17.7 Å². The Morgan fingerprint density at radius 2 is 1.96 bits per heavy atom. The van der Waals surface area contributed by atoms with Gasteiger partial charge in [-0.25, -0.2) is 15.0 Å². The summed E-state index contributed by atoms with van der Waals surface area (Å²) in [7, 11) is 1.75. The first-order chi connectivity index (χ1) is 11.8. The number of rotatable bonds is 3. The van der Waals surface area contributed by atoms with Crippen LogP contribution in [-0.4, -0.2) is 66.8 Å². The maximum Gasteiger partial charge on any atom is 0.290 e. The number of fused-ring (bicyclic) bond motifs is 3. The van der Waals surface area contributed by atoms with Crippen LogP contribution >= 0.6 is 0 Å². The second-order valence-corrected chi connectivity index (χ2v) is 6.90. The molecule has 0 spiro atoms. The van der Waals surface area contributed by atoms with Gasteiger partial charge in [0.25, 0.3) is 6.02 Å². The molecule has 1 aromatic rings. The maximum atomic E-state index is 6.13. The molecule has 0 radical (unpaired) electrons. The van der Waals surface area contributed by atoms with E-state index in [1.807, 2.05) is 6.20 Å². The van der Waals surface area contributed by atoms with Gasteiger partial charge in [0.15, 0.2) is 5.82 Å². The Morgan fingerprint density at radius 1 is 1.17 bits per heavy atom. The van der Waals surface area contributed by atoms with Crippen LogP contribution in [0.4, 0.5) is 11.6 Å². The smallest absolute Gasteiger partial charge is 0.290 e. The Kier molecular flexibility index (Phi) is 4.51. The molecule has 0 saturated carbocycles. The third kappa shape index (κ3) is 3.31. The highest BCUT2D eigenvalue weighted by Gasteiger charge is 2.36. The third-order valence-electron chi connectivity index (χ3n) is 5.37. The number of amidine groups is 1. The molecule has 4 aliphatic heterocycles. The van der Waals surface area contributed by atoms with Crippen LogP contribution < -0.4 is 10.2 Å². The van der Waals surface area contributed by atoms with Crippen LogP contribution in [0.2, 0.25) is 0 Å². The van der Waals surface area contributed by atoms with E-state index in [-0.39, 0.29) is 6.10 Å². The normalized spacial score (nSPS) is 29.8. The fourth-order valence-corrected chi connectivity index (χ4v) is 3.93. The van der Waals surface area contributed by atoms with Crippen LogP contribution in [0.5, 0.6) is 0 Å². The van der Waals surface area contributed by atoms with Crippen molar-refractivity contribution in [2.75, 3.05) is 50.0 Å². The molecule has 4 fully saturated rings. The van der Waals surface area contributed by atoms with E-state index < -0.39 is 0 Å². The fraction of sp³-hybridized carbons (Fsp3) is 0.706. The summed E-state index contributed by atoms with van der Waals surface area (Å²) in [5.41, 5.74) is 0. The van der Waals surface area contributed by atoms with E-state index in [1.165, 1.54) is 38.8 Å². The standard InChI is InChI=1S/C17H26N6O/c1-18-17(24-14-12-22-8-4-13(14)5-9-22)21-15-10-20-16(11-19-15)23-6-2-3-7-23/h10-11,13-14H,2-9,12H2,1H3,(H,18,19,21)/t14-/m0/s1. The highest BCUT2D eigenvalue weighted by Crippen LogP contribution is 2.29. The van der Waals surface area contributed by atoms with Crippen molar-refractivity contribution in [1.82, 2.24) is 14.9 Å². The van der Waals surface area contributed by atoms with Crippen molar-refractivity contribution in [3.63, 3.8) is 0 Å². The molecule has 5 rings (SSSR count). The molecule has 2 bridgehead atoms. The number of ether oxygens (including phenoxy) is 1. The van der Waals surface area contributed by atoms with E-state index >= 15 is 0 Å². The molecule has 1 aromatic heterocycles. The molecule has 24 heavy (non-hydrogen) atoms. The first-order valence-electron chi connectivity index (χ1n) is 9.01. The Bertz CT molecular complexity index is 575. The minimum Gasteiger partial charge on any atom is -0.460 e. The van der Waals surface area contributed by atoms with Gasteiger partial charge in [-0.05, 0) is 44.7 Å². The van der Waals surface area contributed by atoms with Gasteiger partial charge in [0.1, 0.15) is 11.9 Å². The molecule has 4 saturated heterocycles. The summed E-state index contributed by atoms with van der Waals surface area (Å²) in [4.78, 5) is 18.0. The van der Waals surface area contributed by atoms with Gasteiger partial charge in [-0.15, -0.1) is 0 Å². The number of hydrogen-bond acceptors (Lipinski definition) is 6. The van der Waals surface area contributed by atoms with Crippen LogP contribution in [0.15, 0.2) is 17.4 Å².